The van der Waals surface area contributed by atoms with Crippen molar-refractivity contribution in [1.29, 1.82) is 0 Å². The maximum atomic E-state index is 5.39. The van der Waals surface area contributed by atoms with Gasteiger partial charge in [0.05, 0.1) is 6.10 Å². The molecular formula is C10H15N3OS. The molecule has 0 bridgehead atoms. The van der Waals surface area contributed by atoms with E-state index in [1.165, 1.54) is 0 Å². The fourth-order valence-corrected chi connectivity index (χ4v) is 2.11. The lowest BCUT2D eigenvalue weighted by molar-refractivity contribution is 0.0535. The van der Waals surface area contributed by atoms with Gasteiger partial charge in [0.15, 0.2) is 5.11 Å². The molecule has 0 spiro atoms. The number of rotatable bonds is 1. The number of aromatic nitrogens is 2. The molecule has 2 rings (SSSR count). The minimum Gasteiger partial charge on any atom is -0.380 e. The topological polar surface area (TPSA) is 30.3 Å². The van der Waals surface area contributed by atoms with Crippen LogP contribution < -0.4 is 0 Å². The minimum atomic E-state index is 0.306. The number of piperidine rings is 1. The third-order valence-corrected chi connectivity index (χ3v) is 3.18. The Morgan fingerprint density at radius 3 is 3.13 bits per heavy atom. The van der Waals surface area contributed by atoms with Gasteiger partial charge in [0.2, 0.25) is 0 Å². The van der Waals surface area contributed by atoms with E-state index in [2.05, 4.69) is 9.88 Å². The number of nitrogens with zero attached hydrogens (tertiary/aromatic N) is 3. The standard InChI is InChI=1S/C10H15N3OS/c1-14-9-3-2-5-12(7-9)10(15)13-6-4-11-8-13/h4,6,8-9H,2-3,5,7H2,1H3. The molecule has 15 heavy (non-hydrogen) atoms. The molecule has 0 aliphatic carbocycles. The number of hydrogen-bond donors (Lipinski definition) is 0. The summed E-state index contributed by atoms with van der Waals surface area (Å²) in [6.45, 7) is 1.89. The molecule has 1 saturated heterocycles. The molecule has 1 aliphatic heterocycles. The molecule has 82 valence electrons. The lowest BCUT2D eigenvalue weighted by Crippen LogP contribution is -2.44. The van der Waals surface area contributed by atoms with E-state index < -0.39 is 0 Å². The Morgan fingerprint density at radius 1 is 1.60 bits per heavy atom. The highest BCUT2D eigenvalue weighted by Crippen LogP contribution is 2.13. The molecule has 5 heteroatoms. The Bertz CT molecular complexity index is 325. The monoisotopic (exact) mass is 225 g/mol. The summed E-state index contributed by atoms with van der Waals surface area (Å²) in [6, 6.07) is 0. The van der Waals surface area contributed by atoms with Crippen molar-refractivity contribution < 1.29 is 4.74 Å². The van der Waals surface area contributed by atoms with Gasteiger partial charge in [0.1, 0.15) is 6.33 Å². The van der Waals surface area contributed by atoms with Crippen molar-refractivity contribution in [2.75, 3.05) is 20.2 Å². The largest absolute Gasteiger partial charge is 0.380 e. The SMILES string of the molecule is COC1CCCN(C(=S)n2ccnc2)C1. The van der Waals surface area contributed by atoms with Crippen molar-refractivity contribution in [3.8, 4) is 0 Å². The lowest BCUT2D eigenvalue weighted by atomic mass is 10.1. The molecule has 2 heterocycles. The highest BCUT2D eigenvalue weighted by atomic mass is 32.1. The van der Waals surface area contributed by atoms with Crippen molar-refractivity contribution in [2.24, 2.45) is 0 Å². The summed E-state index contributed by atoms with van der Waals surface area (Å²) in [7, 11) is 1.76. The molecule has 1 aromatic rings. The fraction of sp³-hybridized carbons (Fsp3) is 0.600. The highest BCUT2D eigenvalue weighted by Gasteiger charge is 2.21. The van der Waals surface area contributed by atoms with Gasteiger partial charge >= 0.3 is 0 Å². The second-order valence-corrected chi connectivity index (χ2v) is 4.06. The van der Waals surface area contributed by atoms with Crippen molar-refractivity contribution >= 4 is 17.3 Å². The van der Waals surface area contributed by atoms with Gasteiger partial charge in [-0.25, -0.2) is 4.98 Å². The molecule has 4 nitrogen and oxygen atoms in total. The van der Waals surface area contributed by atoms with Crippen LogP contribution in [0.4, 0.5) is 0 Å². The maximum absolute atomic E-state index is 5.39. The molecule has 1 atom stereocenters. The second kappa shape index (κ2) is 4.72. The number of imidazole rings is 1. The average molecular weight is 225 g/mol. The average Bonchev–Trinajstić information content (AvgIpc) is 2.81. The van der Waals surface area contributed by atoms with E-state index in [-0.39, 0.29) is 0 Å². The first-order chi connectivity index (χ1) is 7.31. The molecule has 0 radical (unpaired) electrons. The van der Waals surface area contributed by atoms with E-state index in [1.807, 2.05) is 10.8 Å². The molecule has 0 N–H and O–H groups in total. The predicted molar refractivity (Wildman–Crippen MR) is 61.8 cm³/mol. The van der Waals surface area contributed by atoms with Crippen LogP contribution in [-0.4, -0.2) is 45.9 Å². The van der Waals surface area contributed by atoms with Crippen LogP contribution in [0.15, 0.2) is 18.7 Å². The summed E-state index contributed by atoms with van der Waals surface area (Å²) in [5.74, 6) is 0. The van der Waals surface area contributed by atoms with Crippen LogP contribution in [0.5, 0.6) is 0 Å². The van der Waals surface area contributed by atoms with Crippen molar-refractivity contribution in [2.45, 2.75) is 18.9 Å². The molecular weight excluding hydrogens is 210 g/mol. The molecule has 1 aromatic heterocycles. The van der Waals surface area contributed by atoms with E-state index in [4.69, 9.17) is 17.0 Å². The summed E-state index contributed by atoms with van der Waals surface area (Å²) in [5, 5.41) is 0.814. The number of thiocarbonyl (C=S) groups is 1. The lowest BCUT2D eigenvalue weighted by Gasteiger charge is -2.33. The van der Waals surface area contributed by atoms with Gasteiger partial charge in [-0.15, -0.1) is 0 Å². The Hall–Kier alpha value is -0.940. The summed E-state index contributed by atoms with van der Waals surface area (Å²) in [6.07, 6.45) is 7.91. The first-order valence-corrected chi connectivity index (χ1v) is 5.52. The maximum Gasteiger partial charge on any atom is 0.181 e. The van der Waals surface area contributed by atoms with Crippen LogP contribution in [0.3, 0.4) is 0 Å². The zero-order valence-electron chi connectivity index (χ0n) is 8.80. The minimum absolute atomic E-state index is 0.306. The van der Waals surface area contributed by atoms with Crippen LogP contribution in [0.25, 0.3) is 0 Å². The van der Waals surface area contributed by atoms with Gasteiger partial charge in [0.25, 0.3) is 0 Å². The van der Waals surface area contributed by atoms with E-state index >= 15 is 0 Å². The third kappa shape index (κ3) is 2.35. The van der Waals surface area contributed by atoms with Gasteiger partial charge < -0.3 is 9.64 Å². The van der Waals surface area contributed by atoms with Crippen molar-refractivity contribution in [3.05, 3.63) is 18.7 Å². The molecule has 1 unspecified atom stereocenters. The molecule has 1 aliphatic rings. The van der Waals surface area contributed by atoms with E-state index in [9.17, 15) is 0 Å². The highest BCUT2D eigenvalue weighted by molar-refractivity contribution is 7.80. The van der Waals surface area contributed by atoms with E-state index in [0.717, 1.165) is 31.0 Å². The van der Waals surface area contributed by atoms with Crippen LogP contribution in [0.2, 0.25) is 0 Å². The summed E-state index contributed by atoms with van der Waals surface area (Å²) in [4.78, 5) is 6.17. The van der Waals surface area contributed by atoms with Crippen molar-refractivity contribution in [3.63, 3.8) is 0 Å². The zero-order chi connectivity index (χ0) is 10.7. The van der Waals surface area contributed by atoms with Gasteiger partial charge in [-0.2, -0.15) is 0 Å². The smallest absolute Gasteiger partial charge is 0.181 e. The molecule has 1 fully saturated rings. The quantitative estimate of drug-likeness (QED) is 0.670. The Balaban J connectivity index is 2.01. The van der Waals surface area contributed by atoms with E-state index in [0.29, 0.717) is 6.10 Å². The van der Waals surface area contributed by atoms with Gasteiger partial charge in [0, 0.05) is 32.6 Å². The van der Waals surface area contributed by atoms with Crippen molar-refractivity contribution in [1.82, 2.24) is 14.5 Å². The van der Waals surface area contributed by atoms with Crippen LogP contribution >= 0.6 is 12.2 Å². The molecule has 0 aromatic carbocycles. The summed E-state index contributed by atoms with van der Waals surface area (Å²) >= 11 is 5.39. The number of likely N-dealkylation sites (tertiary alicyclic amines) is 1. The number of hydrogen-bond acceptors (Lipinski definition) is 3. The first kappa shape index (κ1) is 10.6. The normalized spacial score (nSPS) is 21.7. The summed E-state index contributed by atoms with van der Waals surface area (Å²) < 4.78 is 7.23. The van der Waals surface area contributed by atoms with Gasteiger partial charge in [-0.05, 0) is 25.1 Å². The second-order valence-electron chi connectivity index (χ2n) is 3.70. The Labute approximate surface area is 94.9 Å². The Kier molecular flexibility index (Phi) is 3.33. The van der Waals surface area contributed by atoms with Crippen LogP contribution in [-0.2, 0) is 4.74 Å². The number of methoxy groups -OCH3 is 1. The molecule has 0 amide bonds. The number of ether oxygens (including phenoxy) is 1. The zero-order valence-corrected chi connectivity index (χ0v) is 9.61. The summed E-state index contributed by atoms with van der Waals surface area (Å²) in [5.41, 5.74) is 0. The predicted octanol–water partition coefficient (Wildman–Crippen LogP) is 1.13. The van der Waals surface area contributed by atoms with E-state index in [1.54, 1.807) is 19.6 Å². The molecule has 0 saturated carbocycles. The van der Waals surface area contributed by atoms with Crippen LogP contribution in [0.1, 0.15) is 12.8 Å². The van der Waals surface area contributed by atoms with Crippen LogP contribution in [0, 0.1) is 0 Å². The van der Waals surface area contributed by atoms with Gasteiger partial charge in [-0.3, -0.25) is 4.57 Å². The first-order valence-electron chi connectivity index (χ1n) is 5.11. The van der Waals surface area contributed by atoms with Gasteiger partial charge in [-0.1, -0.05) is 0 Å². The fourth-order valence-electron chi connectivity index (χ4n) is 1.84. The third-order valence-electron chi connectivity index (χ3n) is 2.71. The Morgan fingerprint density at radius 2 is 2.47 bits per heavy atom.